The number of nitrogens with one attached hydrogen (secondary N) is 1. The third kappa shape index (κ3) is 3.10. The third-order valence-corrected chi connectivity index (χ3v) is 4.31. The zero-order valence-corrected chi connectivity index (χ0v) is 13.9. The van der Waals surface area contributed by atoms with Gasteiger partial charge in [-0.2, -0.15) is 5.10 Å². The summed E-state index contributed by atoms with van der Waals surface area (Å²) < 4.78 is 14.8. The smallest absolute Gasteiger partial charge is 0.322 e. The lowest BCUT2D eigenvalue weighted by atomic mass is 10.0. The van der Waals surface area contributed by atoms with Crippen molar-refractivity contribution in [1.82, 2.24) is 20.0 Å². The highest BCUT2D eigenvalue weighted by atomic mass is 19.1. The van der Waals surface area contributed by atoms with Gasteiger partial charge in [0.1, 0.15) is 11.5 Å². The molecule has 1 amide bonds. The number of aryl methyl sites for hydroxylation is 2. The molecule has 1 N–H and O–H groups in total. The predicted octanol–water partition coefficient (Wildman–Crippen LogP) is 1.56. The first-order valence-electron chi connectivity index (χ1n) is 7.85. The van der Waals surface area contributed by atoms with Gasteiger partial charge in [0.25, 0.3) is 5.91 Å². The Kier molecular flexibility index (Phi) is 4.49. The van der Waals surface area contributed by atoms with Crippen molar-refractivity contribution in [2.24, 2.45) is 7.05 Å². The standard InChI is InChI=1S/C16H18FN5O3/c1-10-14(22(24)25)15(20(2)19-10)16(23)21-7-6-18-9-13(21)11-4-3-5-12(17)8-11/h3-5,8,13,18H,6-7,9H2,1-2H3. The van der Waals surface area contributed by atoms with E-state index in [0.29, 0.717) is 25.2 Å². The van der Waals surface area contributed by atoms with Gasteiger partial charge in [-0.15, -0.1) is 0 Å². The number of hydrogen-bond donors (Lipinski definition) is 1. The summed E-state index contributed by atoms with van der Waals surface area (Å²) in [4.78, 5) is 25.4. The van der Waals surface area contributed by atoms with E-state index in [0.717, 1.165) is 0 Å². The van der Waals surface area contributed by atoms with Crippen molar-refractivity contribution in [3.8, 4) is 0 Å². The van der Waals surface area contributed by atoms with Crippen LogP contribution in [-0.2, 0) is 7.05 Å². The molecule has 1 fully saturated rings. The Hall–Kier alpha value is -2.81. The third-order valence-electron chi connectivity index (χ3n) is 4.31. The summed E-state index contributed by atoms with van der Waals surface area (Å²) >= 11 is 0. The van der Waals surface area contributed by atoms with E-state index < -0.39 is 22.7 Å². The lowest BCUT2D eigenvalue weighted by Gasteiger charge is -2.36. The van der Waals surface area contributed by atoms with E-state index in [-0.39, 0.29) is 17.1 Å². The van der Waals surface area contributed by atoms with E-state index in [1.165, 1.54) is 35.7 Å². The van der Waals surface area contributed by atoms with E-state index in [9.17, 15) is 19.3 Å². The lowest BCUT2D eigenvalue weighted by molar-refractivity contribution is -0.385. The highest BCUT2D eigenvalue weighted by Gasteiger charge is 2.36. The van der Waals surface area contributed by atoms with Gasteiger partial charge in [-0.1, -0.05) is 12.1 Å². The average molecular weight is 347 g/mol. The van der Waals surface area contributed by atoms with Crippen LogP contribution in [0.4, 0.5) is 10.1 Å². The molecule has 25 heavy (non-hydrogen) atoms. The first-order valence-corrected chi connectivity index (χ1v) is 7.85. The quantitative estimate of drug-likeness (QED) is 0.672. The number of carbonyl (C=O) groups is 1. The predicted molar refractivity (Wildman–Crippen MR) is 87.6 cm³/mol. The van der Waals surface area contributed by atoms with E-state index in [2.05, 4.69) is 10.4 Å². The summed E-state index contributed by atoms with van der Waals surface area (Å²) in [7, 11) is 1.51. The maximum atomic E-state index is 13.6. The van der Waals surface area contributed by atoms with Crippen molar-refractivity contribution in [3.05, 3.63) is 57.1 Å². The summed E-state index contributed by atoms with van der Waals surface area (Å²) in [5.74, 6) is -0.872. The van der Waals surface area contributed by atoms with Gasteiger partial charge in [0.05, 0.1) is 11.0 Å². The molecule has 0 spiro atoms. The zero-order valence-electron chi connectivity index (χ0n) is 13.9. The number of benzene rings is 1. The molecule has 1 unspecified atom stereocenters. The van der Waals surface area contributed by atoms with Crippen LogP contribution in [0.5, 0.6) is 0 Å². The van der Waals surface area contributed by atoms with Gasteiger partial charge in [-0.05, 0) is 24.6 Å². The Labute approximate surface area is 143 Å². The normalized spacial score (nSPS) is 17.6. The molecule has 1 saturated heterocycles. The molecule has 0 aliphatic carbocycles. The maximum absolute atomic E-state index is 13.6. The SMILES string of the molecule is Cc1nn(C)c(C(=O)N2CCNCC2c2cccc(F)c2)c1[N+](=O)[O-]. The molecule has 2 aromatic rings. The van der Waals surface area contributed by atoms with E-state index in [1.807, 2.05) is 0 Å². The summed E-state index contributed by atoms with van der Waals surface area (Å²) in [6, 6.07) is 5.62. The average Bonchev–Trinajstić information content (AvgIpc) is 2.88. The summed E-state index contributed by atoms with van der Waals surface area (Å²) in [5, 5.41) is 18.5. The number of halogens is 1. The topological polar surface area (TPSA) is 93.3 Å². The molecule has 1 aromatic heterocycles. The Morgan fingerprint density at radius 1 is 1.48 bits per heavy atom. The van der Waals surface area contributed by atoms with E-state index >= 15 is 0 Å². The second-order valence-electron chi connectivity index (χ2n) is 5.94. The molecule has 0 radical (unpaired) electrons. The van der Waals surface area contributed by atoms with Crippen molar-refractivity contribution >= 4 is 11.6 Å². The minimum atomic E-state index is -0.588. The molecule has 0 saturated carbocycles. The number of amides is 1. The summed E-state index contributed by atoms with van der Waals surface area (Å²) in [6.45, 7) is 2.86. The molecule has 1 aliphatic heterocycles. The maximum Gasteiger partial charge on any atom is 0.322 e. The van der Waals surface area contributed by atoms with Gasteiger partial charge in [0.15, 0.2) is 0 Å². The van der Waals surface area contributed by atoms with Gasteiger partial charge < -0.3 is 10.2 Å². The van der Waals surface area contributed by atoms with Crippen LogP contribution in [0.15, 0.2) is 24.3 Å². The molecule has 3 rings (SSSR count). The Morgan fingerprint density at radius 3 is 2.92 bits per heavy atom. The van der Waals surface area contributed by atoms with Gasteiger partial charge >= 0.3 is 5.69 Å². The monoisotopic (exact) mass is 347 g/mol. The number of aromatic nitrogens is 2. The summed E-state index contributed by atoms with van der Waals surface area (Å²) in [6.07, 6.45) is 0. The molecule has 132 valence electrons. The molecule has 1 aliphatic rings. The van der Waals surface area contributed by atoms with Gasteiger partial charge in [0.2, 0.25) is 5.69 Å². The van der Waals surface area contributed by atoms with Crippen molar-refractivity contribution in [2.75, 3.05) is 19.6 Å². The van der Waals surface area contributed by atoms with Crippen molar-refractivity contribution < 1.29 is 14.1 Å². The second kappa shape index (κ2) is 6.60. The Morgan fingerprint density at radius 2 is 2.24 bits per heavy atom. The number of piperazine rings is 1. The highest BCUT2D eigenvalue weighted by molar-refractivity contribution is 5.97. The Bertz CT molecular complexity index is 835. The largest absolute Gasteiger partial charge is 0.327 e. The van der Waals surface area contributed by atoms with Crippen LogP contribution < -0.4 is 5.32 Å². The summed E-state index contributed by atoms with van der Waals surface area (Å²) in [5.41, 5.74) is 0.477. The molecule has 2 heterocycles. The van der Waals surface area contributed by atoms with E-state index in [1.54, 1.807) is 12.1 Å². The van der Waals surface area contributed by atoms with Gasteiger partial charge in [-0.3, -0.25) is 19.6 Å². The highest BCUT2D eigenvalue weighted by Crippen LogP contribution is 2.29. The Balaban J connectivity index is 2.02. The fourth-order valence-electron chi connectivity index (χ4n) is 3.20. The first kappa shape index (κ1) is 17.0. The van der Waals surface area contributed by atoms with Crippen molar-refractivity contribution in [1.29, 1.82) is 0 Å². The van der Waals surface area contributed by atoms with Crippen molar-refractivity contribution in [2.45, 2.75) is 13.0 Å². The molecular weight excluding hydrogens is 329 g/mol. The zero-order chi connectivity index (χ0) is 18.1. The number of rotatable bonds is 3. The van der Waals surface area contributed by atoms with E-state index in [4.69, 9.17) is 0 Å². The first-order chi connectivity index (χ1) is 11.9. The number of nitro groups is 1. The fraction of sp³-hybridized carbons (Fsp3) is 0.375. The molecule has 1 aromatic carbocycles. The van der Waals surface area contributed by atoms with Crippen molar-refractivity contribution in [3.63, 3.8) is 0 Å². The number of carbonyl (C=O) groups excluding carboxylic acids is 1. The fourth-order valence-corrected chi connectivity index (χ4v) is 3.20. The molecule has 8 nitrogen and oxygen atoms in total. The molecular formula is C16H18FN5O3. The van der Waals surface area contributed by atoms with Crippen LogP contribution in [0.2, 0.25) is 0 Å². The lowest BCUT2D eigenvalue weighted by Crippen LogP contribution is -2.49. The van der Waals surface area contributed by atoms with Crippen LogP contribution in [0.3, 0.4) is 0 Å². The second-order valence-corrected chi connectivity index (χ2v) is 5.94. The van der Waals surface area contributed by atoms with Crippen LogP contribution >= 0.6 is 0 Å². The van der Waals surface area contributed by atoms with Crippen LogP contribution in [0, 0.1) is 22.9 Å². The molecule has 1 atom stereocenters. The number of nitrogens with zero attached hydrogens (tertiary/aromatic N) is 4. The minimum absolute atomic E-state index is 0.0641. The number of hydrogen-bond acceptors (Lipinski definition) is 5. The van der Waals surface area contributed by atoms with Gasteiger partial charge in [0, 0.05) is 26.7 Å². The van der Waals surface area contributed by atoms with Crippen LogP contribution in [-0.4, -0.2) is 45.1 Å². The van der Waals surface area contributed by atoms with Crippen LogP contribution in [0.1, 0.15) is 27.8 Å². The minimum Gasteiger partial charge on any atom is -0.327 e. The molecule has 0 bridgehead atoms. The van der Waals surface area contributed by atoms with Gasteiger partial charge in [-0.25, -0.2) is 4.39 Å². The molecule has 9 heteroatoms. The van der Waals surface area contributed by atoms with Crippen LogP contribution in [0.25, 0.3) is 0 Å².